The van der Waals surface area contributed by atoms with Crippen LogP contribution in [0.15, 0.2) is 41.3 Å². The molecular weight excluding hydrogens is 777 g/mol. The van der Waals surface area contributed by atoms with Crippen molar-refractivity contribution >= 4 is 29.4 Å². The Balaban J connectivity index is 0.888. The van der Waals surface area contributed by atoms with E-state index < -0.39 is 24.5 Å². The number of fused-ring (bicyclic) bond motifs is 2. The molecule has 0 radical (unpaired) electrons. The van der Waals surface area contributed by atoms with E-state index in [0.29, 0.717) is 72.1 Å². The van der Waals surface area contributed by atoms with Crippen molar-refractivity contribution in [3.8, 4) is 22.6 Å². The van der Waals surface area contributed by atoms with Crippen molar-refractivity contribution in [3.05, 3.63) is 74.7 Å². The second kappa shape index (κ2) is 17.5. The molecule has 1 unspecified atom stereocenters. The van der Waals surface area contributed by atoms with E-state index in [4.69, 9.17) is 13.6 Å². The summed E-state index contributed by atoms with van der Waals surface area (Å²) in [5, 5.41) is 4.98. The van der Waals surface area contributed by atoms with E-state index in [9.17, 15) is 24.0 Å². The maximum Gasteiger partial charge on any atom is 0.317 e. The van der Waals surface area contributed by atoms with Gasteiger partial charge in [-0.3, -0.25) is 29.4 Å². The van der Waals surface area contributed by atoms with E-state index in [1.165, 1.54) is 18.1 Å². The topological polar surface area (TPSA) is 149 Å². The number of piperazine rings is 1. The number of imide groups is 1. The summed E-state index contributed by atoms with van der Waals surface area (Å²) >= 11 is 0. The van der Waals surface area contributed by atoms with Crippen molar-refractivity contribution in [3.63, 3.8) is 0 Å². The molecule has 2 aromatic carbocycles. The Morgan fingerprint density at radius 3 is 2.28 bits per heavy atom. The Morgan fingerprint density at radius 2 is 1.62 bits per heavy atom. The summed E-state index contributed by atoms with van der Waals surface area (Å²) in [6.45, 7) is 7.89. The minimum absolute atomic E-state index is 0.00288. The van der Waals surface area contributed by atoms with Crippen LogP contribution in [-0.4, -0.2) is 127 Å². The van der Waals surface area contributed by atoms with Crippen LogP contribution in [0.4, 0.5) is 10.5 Å². The number of aryl methyl sites for hydroxylation is 1. The number of nitrogens with zero attached hydrogens (tertiary/aromatic N) is 6. The average Bonchev–Trinajstić information content (AvgIpc) is 3.60. The minimum atomic E-state index is -2.72. The first-order valence-corrected chi connectivity index (χ1v) is 21.6. The normalized spacial score (nSPS) is 23.5. The minimum Gasteiger partial charge on any atom is -0.496 e. The first-order valence-electron chi connectivity index (χ1n) is 23.1. The molecular formula is C46H60N8O7. The highest BCUT2D eigenvalue weighted by molar-refractivity contribution is 6.05. The molecule has 5 aliphatic heterocycles. The van der Waals surface area contributed by atoms with Gasteiger partial charge in [0.2, 0.25) is 11.8 Å². The fraction of sp³-hybridized carbons (Fsp3) is 0.543. The predicted octanol–water partition coefficient (Wildman–Crippen LogP) is 3.73. The molecule has 2 N–H and O–H groups in total. The van der Waals surface area contributed by atoms with Crippen LogP contribution in [0.1, 0.15) is 82.7 Å². The number of aromatic nitrogens is 1. The summed E-state index contributed by atoms with van der Waals surface area (Å²) in [6, 6.07) is 9.34. The third-order valence-corrected chi connectivity index (χ3v) is 13.7. The Bertz CT molecular complexity index is 2340. The predicted molar refractivity (Wildman–Crippen MR) is 232 cm³/mol. The van der Waals surface area contributed by atoms with Gasteiger partial charge >= 0.3 is 6.03 Å². The summed E-state index contributed by atoms with van der Waals surface area (Å²) in [4.78, 5) is 74.0. The summed E-state index contributed by atoms with van der Waals surface area (Å²) in [5.74, 6) is 0.992. The molecule has 3 fully saturated rings. The fourth-order valence-electron chi connectivity index (χ4n) is 10.3. The number of nitrogens with one attached hydrogen (secondary N) is 2. The van der Waals surface area contributed by atoms with Crippen molar-refractivity contribution in [1.82, 2.24) is 34.8 Å². The van der Waals surface area contributed by atoms with Crippen LogP contribution < -0.4 is 30.6 Å². The standard InChI is InChI=1S/C46H60N8O7/c1-28-22-50(15-11-30-12-16-51(17-13-30)33-7-8-34-32(19-33)24-54(45(34)58)39-9-10-42(55)48-43(39)56)23-29(2)53(28)27-38-40(60-5)20-31(21-41(38)61-6)36-25-49(4)44(57)37-26-52(46(59)47-3)18-14-35(36)37/h7-8,19-21,25,28-30,39H,9-18,22-24,26-27H2,1-6H3,(H,47,59)(H,48,55,56)/t28-,29-,39?/m1/s1/i4D3. The zero-order valence-corrected chi connectivity index (χ0v) is 35.9. The van der Waals surface area contributed by atoms with Gasteiger partial charge in [-0.15, -0.1) is 0 Å². The van der Waals surface area contributed by atoms with Crippen LogP contribution in [0, 0.1) is 5.92 Å². The number of pyridine rings is 1. The summed E-state index contributed by atoms with van der Waals surface area (Å²) in [6.07, 6.45) is 5.69. The second-order valence-electron chi connectivity index (χ2n) is 17.4. The van der Waals surface area contributed by atoms with Crippen LogP contribution in [0.2, 0.25) is 0 Å². The Kier molecular flexibility index (Phi) is 11.1. The van der Waals surface area contributed by atoms with Crippen molar-refractivity contribution in [2.75, 3.05) is 65.4 Å². The summed E-state index contributed by atoms with van der Waals surface area (Å²) < 4.78 is 37.2. The first-order chi connectivity index (χ1) is 30.6. The van der Waals surface area contributed by atoms with Gasteiger partial charge in [-0.2, -0.15) is 0 Å². The largest absolute Gasteiger partial charge is 0.496 e. The number of hydrogen-bond acceptors (Lipinski definition) is 10. The van der Waals surface area contributed by atoms with E-state index in [-0.39, 0.29) is 48.5 Å². The number of amides is 5. The molecule has 8 rings (SSSR count). The van der Waals surface area contributed by atoms with Gasteiger partial charge in [-0.25, -0.2) is 4.79 Å². The van der Waals surface area contributed by atoms with E-state index in [2.05, 4.69) is 45.2 Å². The zero-order valence-electron chi connectivity index (χ0n) is 38.9. The fourth-order valence-corrected chi connectivity index (χ4v) is 10.3. The van der Waals surface area contributed by atoms with Gasteiger partial charge < -0.3 is 39.0 Å². The molecule has 5 aliphatic rings. The maximum absolute atomic E-state index is 13.5. The van der Waals surface area contributed by atoms with Gasteiger partial charge in [-0.1, -0.05) is 0 Å². The monoisotopic (exact) mass is 839 g/mol. The number of anilines is 1. The van der Waals surface area contributed by atoms with Crippen LogP contribution >= 0.6 is 0 Å². The smallest absolute Gasteiger partial charge is 0.317 e. The highest BCUT2D eigenvalue weighted by Crippen LogP contribution is 2.39. The maximum atomic E-state index is 13.5. The highest BCUT2D eigenvalue weighted by atomic mass is 16.5. The SMILES string of the molecule is [2H]C([2H])([2H])n1cc(-c2cc(OC)c(CN3[C@H](C)CN(CCC4CCN(c5ccc6c(c5)CN(C5CCC(=O)NC5=O)C6=O)CC4)C[C@H]3C)c(OC)c2)c2c(c1=O)CN(C(=O)NC)CC2. The number of ether oxygens (including phenoxy) is 2. The molecule has 3 atom stereocenters. The molecule has 1 aromatic heterocycles. The summed E-state index contributed by atoms with van der Waals surface area (Å²) in [7, 11) is 4.76. The molecule has 6 heterocycles. The molecule has 326 valence electrons. The second-order valence-corrected chi connectivity index (χ2v) is 17.4. The zero-order chi connectivity index (χ0) is 45.6. The quantitative estimate of drug-likeness (QED) is 0.290. The summed E-state index contributed by atoms with van der Waals surface area (Å²) in [5.41, 5.74) is 5.18. The highest BCUT2D eigenvalue weighted by Gasteiger charge is 2.40. The van der Waals surface area contributed by atoms with Crippen molar-refractivity contribution in [2.24, 2.45) is 12.9 Å². The number of carbonyl (C=O) groups excluding carboxylic acids is 4. The van der Waals surface area contributed by atoms with E-state index >= 15 is 0 Å². The van der Waals surface area contributed by atoms with Gasteiger partial charge in [0, 0.05) is 111 Å². The average molecular weight is 840 g/mol. The molecule has 3 saturated heterocycles. The molecule has 0 aliphatic carbocycles. The van der Waals surface area contributed by atoms with Crippen LogP contribution in [0.25, 0.3) is 11.1 Å². The van der Waals surface area contributed by atoms with Crippen molar-refractivity contribution in [2.45, 2.75) is 90.1 Å². The van der Waals surface area contributed by atoms with Gasteiger partial charge in [0.25, 0.3) is 11.5 Å². The number of piperidine rings is 2. The third kappa shape index (κ3) is 8.33. The number of urea groups is 1. The molecule has 0 bridgehead atoms. The lowest BCUT2D eigenvalue weighted by Crippen LogP contribution is -2.56. The Hall–Kier alpha value is -5.41. The van der Waals surface area contributed by atoms with Crippen molar-refractivity contribution in [1.29, 1.82) is 0 Å². The lowest BCUT2D eigenvalue weighted by atomic mass is 9.91. The van der Waals surface area contributed by atoms with E-state index in [0.717, 1.165) is 73.4 Å². The number of methoxy groups -OCH3 is 2. The Morgan fingerprint density at radius 1 is 0.902 bits per heavy atom. The number of rotatable bonds is 10. The molecule has 15 heteroatoms. The third-order valence-electron chi connectivity index (χ3n) is 13.7. The lowest BCUT2D eigenvalue weighted by molar-refractivity contribution is -0.136. The first kappa shape index (κ1) is 38.5. The number of hydrogen-bond donors (Lipinski definition) is 2. The van der Waals surface area contributed by atoms with E-state index in [1.807, 2.05) is 24.3 Å². The molecule has 5 amide bonds. The molecule has 15 nitrogen and oxygen atoms in total. The van der Waals surface area contributed by atoms with Crippen LogP contribution in [-0.2, 0) is 42.6 Å². The van der Waals surface area contributed by atoms with Gasteiger partial charge in [-0.05, 0) is 105 Å². The lowest BCUT2D eigenvalue weighted by Gasteiger charge is -2.45. The molecule has 0 saturated carbocycles. The molecule has 3 aromatic rings. The van der Waals surface area contributed by atoms with Crippen LogP contribution in [0.5, 0.6) is 11.5 Å². The van der Waals surface area contributed by atoms with Gasteiger partial charge in [0.1, 0.15) is 17.5 Å². The Labute approximate surface area is 362 Å². The van der Waals surface area contributed by atoms with Crippen molar-refractivity contribution < 1.29 is 32.8 Å². The van der Waals surface area contributed by atoms with Gasteiger partial charge in [0.05, 0.1) is 26.3 Å². The number of benzene rings is 2. The number of carbonyl (C=O) groups is 4. The van der Waals surface area contributed by atoms with Gasteiger partial charge in [0.15, 0.2) is 0 Å². The molecule has 61 heavy (non-hydrogen) atoms. The molecule has 0 spiro atoms. The van der Waals surface area contributed by atoms with E-state index in [1.54, 1.807) is 19.1 Å². The van der Waals surface area contributed by atoms with Crippen LogP contribution in [0.3, 0.4) is 0 Å².